The maximum absolute atomic E-state index is 14.8. The van der Waals surface area contributed by atoms with E-state index in [1.807, 2.05) is 13.8 Å². The van der Waals surface area contributed by atoms with E-state index in [0.29, 0.717) is 45.2 Å². The Morgan fingerprint density at radius 1 is 0.863 bits per heavy atom. The lowest BCUT2D eigenvalue weighted by Crippen LogP contribution is -2.56. The predicted molar refractivity (Wildman–Crippen MR) is 201 cm³/mol. The van der Waals surface area contributed by atoms with Crippen molar-refractivity contribution in [3.63, 3.8) is 0 Å². The lowest BCUT2D eigenvalue weighted by Gasteiger charge is -2.36. The van der Waals surface area contributed by atoms with E-state index >= 15 is 0 Å². The van der Waals surface area contributed by atoms with E-state index in [1.54, 1.807) is 4.90 Å². The summed E-state index contributed by atoms with van der Waals surface area (Å²) in [7, 11) is 0. The van der Waals surface area contributed by atoms with Gasteiger partial charge in [0.2, 0.25) is 29.4 Å². The quantitative estimate of drug-likeness (QED) is 0.0856. The minimum Gasteiger partial charge on any atom is -0.356 e. The van der Waals surface area contributed by atoms with Crippen molar-refractivity contribution in [1.29, 1.82) is 0 Å². The summed E-state index contributed by atoms with van der Waals surface area (Å²) in [5.41, 5.74) is -0.419. The molecule has 0 aromatic carbocycles. The second kappa shape index (κ2) is 20.1. The number of piperidine rings is 1. The van der Waals surface area contributed by atoms with Crippen LogP contribution in [0.2, 0.25) is 0 Å². The van der Waals surface area contributed by atoms with Gasteiger partial charge in [0.25, 0.3) is 5.91 Å². The minimum atomic E-state index is -1.00. The molecule has 51 heavy (non-hydrogen) atoms. The summed E-state index contributed by atoms with van der Waals surface area (Å²) < 4.78 is 0. The number of fused-ring (bicyclic) bond motifs is 1. The van der Waals surface area contributed by atoms with Crippen LogP contribution in [-0.2, 0) is 28.8 Å². The zero-order chi connectivity index (χ0) is 38.5. The van der Waals surface area contributed by atoms with Crippen molar-refractivity contribution in [3.8, 4) is 0 Å². The molecule has 4 N–H and O–H groups in total. The van der Waals surface area contributed by atoms with Crippen molar-refractivity contribution in [3.05, 3.63) is 12.7 Å². The highest BCUT2D eigenvalue weighted by Gasteiger charge is 2.69. The molecule has 0 radical (unpaired) electrons. The number of hydrogen-bond donors (Lipinski definition) is 4. The van der Waals surface area contributed by atoms with Crippen LogP contribution in [0.25, 0.3) is 0 Å². The molecular formula is C40H69N5O6. The predicted octanol–water partition coefficient (Wildman–Crippen LogP) is 5.08. The summed E-state index contributed by atoms with van der Waals surface area (Å²) >= 11 is 0. The molecule has 4 unspecified atom stereocenters. The number of rotatable bonds is 23. The molecule has 6 atom stereocenters. The Morgan fingerprint density at radius 3 is 2.06 bits per heavy atom. The first-order valence-electron chi connectivity index (χ1n) is 19.6. The summed E-state index contributed by atoms with van der Waals surface area (Å²) in [4.78, 5) is 82.4. The van der Waals surface area contributed by atoms with Crippen molar-refractivity contribution >= 4 is 35.3 Å². The SMILES string of the molecule is C=CCNC(=O)C(=O)C(CCCC)NC(=O)C1[C@@H]2[C@H](CN1C(=O)C(CC(=O)NC(CCCC(=O)NCC)C(C)(C)C)C(CCC)CCC)C2(C)C. The minimum absolute atomic E-state index is 0.00781. The van der Waals surface area contributed by atoms with Crippen LogP contribution in [0.1, 0.15) is 133 Å². The molecular weight excluding hydrogens is 646 g/mol. The Hall–Kier alpha value is -3.24. The van der Waals surface area contributed by atoms with Gasteiger partial charge in [-0.1, -0.05) is 87.1 Å². The third kappa shape index (κ3) is 12.2. The second-order valence-electron chi connectivity index (χ2n) is 16.4. The fourth-order valence-electron chi connectivity index (χ4n) is 8.04. The number of ketones is 1. The maximum Gasteiger partial charge on any atom is 0.289 e. The third-order valence-electron chi connectivity index (χ3n) is 11.1. The third-order valence-corrected chi connectivity index (χ3v) is 11.1. The van der Waals surface area contributed by atoms with Gasteiger partial charge >= 0.3 is 0 Å². The van der Waals surface area contributed by atoms with Crippen LogP contribution in [0.3, 0.4) is 0 Å². The average molecular weight is 716 g/mol. The highest BCUT2D eigenvalue weighted by molar-refractivity contribution is 6.38. The van der Waals surface area contributed by atoms with Gasteiger partial charge in [-0.05, 0) is 67.6 Å². The molecule has 2 fully saturated rings. The van der Waals surface area contributed by atoms with E-state index in [1.165, 1.54) is 6.08 Å². The molecule has 0 spiro atoms. The van der Waals surface area contributed by atoms with Crippen LogP contribution < -0.4 is 21.3 Å². The standard InChI is InChI=1S/C40H69N5O6/c1-11-16-20-29(35(48)37(50)42-23-14-4)43-36(49)34-33-28(40(33,9)10)25-45(34)38(51)27(26(18-12-2)19-13-3)24-32(47)44-30(39(6,7)8)21-17-22-31(46)41-15-5/h14,26-30,33-34H,4,11-13,15-25H2,1-3,5-10H3,(H,41,46)(H,42,50)(H,43,49)(H,44,47)/t27?,28-,29?,30?,33-,34?/m0/s1. The van der Waals surface area contributed by atoms with E-state index in [2.05, 4.69) is 76.3 Å². The molecule has 290 valence electrons. The zero-order valence-electron chi connectivity index (χ0n) is 33.1. The van der Waals surface area contributed by atoms with Gasteiger partial charge in [-0.2, -0.15) is 0 Å². The average Bonchev–Trinajstić information content (AvgIpc) is 3.37. The van der Waals surface area contributed by atoms with E-state index in [4.69, 9.17) is 0 Å². The van der Waals surface area contributed by atoms with Crippen LogP contribution >= 0.6 is 0 Å². The Labute approximate surface area is 307 Å². The van der Waals surface area contributed by atoms with Crippen LogP contribution in [0.15, 0.2) is 12.7 Å². The topological polar surface area (TPSA) is 154 Å². The number of carbonyl (C=O) groups excluding carboxylic acids is 6. The lowest BCUT2D eigenvalue weighted by molar-refractivity contribution is -0.147. The number of likely N-dealkylation sites (tertiary alicyclic amines) is 1. The molecule has 1 aliphatic heterocycles. The molecule has 1 saturated heterocycles. The van der Waals surface area contributed by atoms with Gasteiger partial charge in [0.1, 0.15) is 6.04 Å². The van der Waals surface area contributed by atoms with Gasteiger partial charge in [-0.25, -0.2) is 0 Å². The highest BCUT2D eigenvalue weighted by atomic mass is 16.2. The van der Waals surface area contributed by atoms with Gasteiger partial charge in [-0.15, -0.1) is 6.58 Å². The lowest BCUT2D eigenvalue weighted by atomic mass is 9.80. The Morgan fingerprint density at radius 2 is 1.51 bits per heavy atom. The van der Waals surface area contributed by atoms with E-state index in [0.717, 1.165) is 32.1 Å². The molecule has 2 rings (SSSR count). The summed E-state index contributed by atoms with van der Waals surface area (Å²) in [6, 6.07) is -1.99. The number of nitrogens with one attached hydrogen (secondary N) is 4. The molecule has 2 aliphatic rings. The first kappa shape index (κ1) is 43.9. The van der Waals surface area contributed by atoms with E-state index in [-0.39, 0.29) is 65.3 Å². The summed E-state index contributed by atoms with van der Waals surface area (Å²) in [5, 5.41) is 11.5. The fraction of sp³-hybridized carbons (Fsp3) is 0.800. The summed E-state index contributed by atoms with van der Waals surface area (Å²) in [6.07, 6.45) is 8.17. The summed E-state index contributed by atoms with van der Waals surface area (Å²) in [5.74, 6) is -2.91. The Balaban J connectivity index is 2.37. The fourth-order valence-corrected chi connectivity index (χ4v) is 8.04. The largest absolute Gasteiger partial charge is 0.356 e. The van der Waals surface area contributed by atoms with Crippen molar-refractivity contribution in [2.24, 2.45) is 34.5 Å². The van der Waals surface area contributed by atoms with Gasteiger partial charge in [0.05, 0.1) is 6.04 Å². The molecule has 11 heteroatoms. The number of amides is 5. The van der Waals surface area contributed by atoms with E-state index < -0.39 is 35.6 Å². The smallest absolute Gasteiger partial charge is 0.289 e. The molecule has 11 nitrogen and oxygen atoms in total. The number of hydrogen-bond acceptors (Lipinski definition) is 6. The first-order valence-corrected chi connectivity index (χ1v) is 19.6. The van der Waals surface area contributed by atoms with Crippen molar-refractivity contribution in [1.82, 2.24) is 26.2 Å². The monoisotopic (exact) mass is 716 g/mol. The summed E-state index contributed by atoms with van der Waals surface area (Å²) in [6.45, 7) is 23.1. The zero-order valence-corrected chi connectivity index (χ0v) is 33.1. The number of Topliss-reactive ketones (excluding diaryl/α,β-unsaturated/α-hetero) is 1. The molecule has 0 bridgehead atoms. The normalized spacial score (nSPS) is 20.8. The van der Waals surface area contributed by atoms with Crippen molar-refractivity contribution < 1.29 is 28.8 Å². The maximum atomic E-state index is 14.8. The number of unbranched alkanes of at least 4 members (excludes halogenated alkanes) is 1. The Bertz CT molecular complexity index is 1220. The van der Waals surface area contributed by atoms with Crippen LogP contribution in [0.5, 0.6) is 0 Å². The molecule has 5 amide bonds. The van der Waals surface area contributed by atoms with Gasteiger partial charge < -0.3 is 26.2 Å². The molecule has 1 heterocycles. The number of nitrogens with zero attached hydrogens (tertiary/aromatic N) is 1. The molecule has 0 aromatic rings. The van der Waals surface area contributed by atoms with Gasteiger partial charge in [-0.3, -0.25) is 28.8 Å². The van der Waals surface area contributed by atoms with Gasteiger partial charge in [0, 0.05) is 44.4 Å². The molecule has 1 aliphatic carbocycles. The van der Waals surface area contributed by atoms with Crippen LogP contribution in [0.4, 0.5) is 0 Å². The van der Waals surface area contributed by atoms with Crippen molar-refractivity contribution in [2.75, 3.05) is 19.6 Å². The van der Waals surface area contributed by atoms with Crippen LogP contribution in [0, 0.1) is 34.5 Å². The number of carbonyl (C=O) groups is 6. The highest BCUT2D eigenvalue weighted by Crippen LogP contribution is 2.65. The first-order chi connectivity index (χ1) is 24.0. The van der Waals surface area contributed by atoms with Gasteiger partial charge in [0.15, 0.2) is 0 Å². The second-order valence-corrected chi connectivity index (χ2v) is 16.4. The molecule has 1 saturated carbocycles. The Kier molecular flexibility index (Phi) is 17.3. The van der Waals surface area contributed by atoms with Crippen molar-refractivity contribution in [2.45, 2.75) is 151 Å². The molecule has 0 aromatic heterocycles. The van der Waals surface area contributed by atoms with E-state index in [9.17, 15) is 28.8 Å². The van der Waals surface area contributed by atoms with Crippen LogP contribution in [-0.4, -0.2) is 78.0 Å².